The Bertz CT molecular complexity index is 1270. The minimum absolute atomic E-state index is 0.101. The van der Waals surface area contributed by atoms with Crippen LogP contribution in [0.5, 0.6) is 0 Å². The summed E-state index contributed by atoms with van der Waals surface area (Å²) in [6.45, 7) is 12.6. The molecule has 12 nitrogen and oxygen atoms in total. The number of ether oxygens (including phenoxy) is 3. The molecule has 0 aromatic heterocycles. The molecular weight excluding hydrogens is 668 g/mol. The molecule has 7 N–H and O–H groups in total. The Balaban J connectivity index is 2.15. The number of cyclic esters (lactones) is 1. The molecule has 0 radical (unpaired) electrons. The lowest BCUT2D eigenvalue weighted by Gasteiger charge is -2.49. The van der Waals surface area contributed by atoms with E-state index in [0.717, 1.165) is 12.1 Å². The van der Waals surface area contributed by atoms with Gasteiger partial charge < -0.3 is 55.3 Å². The molecule has 1 aromatic rings. The highest BCUT2D eigenvalue weighted by Crippen LogP contribution is 2.40. The minimum Gasteiger partial charge on any atom is -0.459 e. The maximum atomic E-state index is 14.6. The van der Waals surface area contributed by atoms with E-state index in [1.165, 1.54) is 19.9 Å². The number of nitrogens with one attached hydrogen (secondary N) is 2. The summed E-state index contributed by atoms with van der Waals surface area (Å²) in [5.41, 5.74) is -6.01. The Hall–Kier alpha value is -1.85. The number of carbonyl (C=O) groups is 1. The fraction of sp³-hybridized carbons (Fsp3) is 0.811. The van der Waals surface area contributed by atoms with E-state index in [4.69, 9.17) is 14.2 Å². The normalized spacial score (nSPS) is 42.2. The van der Waals surface area contributed by atoms with E-state index in [9.17, 15) is 39.1 Å². The van der Waals surface area contributed by atoms with Crippen molar-refractivity contribution in [1.29, 1.82) is 0 Å². The summed E-state index contributed by atoms with van der Waals surface area (Å²) >= 11 is 0. The number of halogens is 2. The molecule has 0 bridgehead atoms. The van der Waals surface area contributed by atoms with E-state index in [-0.39, 0.29) is 43.0 Å². The van der Waals surface area contributed by atoms with E-state index in [1.54, 1.807) is 27.7 Å². The van der Waals surface area contributed by atoms with Crippen molar-refractivity contribution in [3.8, 4) is 0 Å². The van der Waals surface area contributed by atoms with Crippen molar-refractivity contribution < 1.29 is 53.3 Å². The van der Waals surface area contributed by atoms with Crippen molar-refractivity contribution in [3.63, 3.8) is 0 Å². The van der Waals surface area contributed by atoms with Gasteiger partial charge in [0.1, 0.15) is 35.5 Å². The van der Waals surface area contributed by atoms with Crippen molar-refractivity contribution in [1.82, 2.24) is 15.5 Å². The quantitative estimate of drug-likeness (QED) is 0.195. The lowest BCUT2D eigenvalue weighted by molar-refractivity contribution is -0.304. The first-order valence-electron chi connectivity index (χ1n) is 18.2. The number of likely N-dealkylation sites (N-methyl/N-ethyl adjacent to an activating group) is 1. The van der Waals surface area contributed by atoms with Crippen LogP contribution < -0.4 is 10.6 Å². The van der Waals surface area contributed by atoms with E-state index < -0.39 is 89.5 Å². The Labute approximate surface area is 301 Å². The molecule has 2 aliphatic rings. The summed E-state index contributed by atoms with van der Waals surface area (Å²) in [6.07, 6.45) is -5.77. The zero-order valence-electron chi connectivity index (χ0n) is 31.9. The van der Waals surface area contributed by atoms with Crippen LogP contribution >= 0.6 is 0 Å². The lowest BCUT2D eigenvalue weighted by atomic mass is 9.70. The van der Waals surface area contributed by atoms with Crippen LogP contribution in [0.3, 0.4) is 0 Å². The first kappa shape index (κ1) is 43.6. The number of benzene rings is 1. The number of carbonyl (C=O) groups excluding carboxylic acids is 1. The third-order valence-corrected chi connectivity index (χ3v) is 11.2. The standard InChI is InChI=1S/C37H63F2N3O9/c1-11-29-36(8,47)31(44)24(6)41-17-20(2)16-35(7,46)32(51-34-30(43)28(42(9)10)15-21(3)49-34)22(4)37(48,23(5)33(45)50-29)19-40-18-25-26(38)13-12-14-27(25)39/h12-14,20-24,28-32,34,40-41,43-44,46-48H,11,15-19H2,1-10H3/t20-,21-,22-,23?,24-,28+,29-,30-,31-,32-,34+,35+,36-,37-/m1/s1. The average Bonchev–Trinajstić information content (AvgIpc) is 3.05. The van der Waals surface area contributed by atoms with Crippen LogP contribution in [0.4, 0.5) is 8.78 Å². The van der Waals surface area contributed by atoms with Crippen molar-refractivity contribution >= 4 is 5.97 Å². The SMILES string of the molecule is CC[C@H]1OC(=O)C(C)[C@@](O)(CNCc2c(F)cccc2F)[C@H](C)[C@@H](O[C@@H]2O[C@H](C)C[C@H](N(C)C)[C@H]2O)[C@@](C)(O)C[C@@H](C)CN[C@H](C)[C@@H](O)[C@]1(C)O. The second kappa shape index (κ2) is 17.5. The third kappa shape index (κ3) is 10.0. The molecule has 0 saturated carbocycles. The Morgan fingerprint density at radius 3 is 2.24 bits per heavy atom. The Morgan fingerprint density at radius 1 is 1.06 bits per heavy atom. The van der Waals surface area contributed by atoms with Gasteiger partial charge in [-0.25, -0.2) is 8.78 Å². The van der Waals surface area contributed by atoms with Gasteiger partial charge in [-0.15, -0.1) is 0 Å². The molecule has 0 spiro atoms. The fourth-order valence-corrected chi connectivity index (χ4v) is 7.81. The monoisotopic (exact) mass is 731 g/mol. The molecule has 14 heteroatoms. The lowest BCUT2D eigenvalue weighted by Crippen LogP contribution is -2.64. The van der Waals surface area contributed by atoms with Crippen LogP contribution in [-0.2, 0) is 25.5 Å². The van der Waals surface area contributed by atoms with Gasteiger partial charge in [0.15, 0.2) is 6.29 Å². The number of hydrogen-bond donors (Lipinski definition) is 7. The largest absolute Gasteiger partial charge is 0.459 e. The highest BCUT2D eigenvalue weighted by atomic mass is 19.1. The molecule has 2 aliphatic heterocycles. The van der Waals surface area contributed by atoms with Crippen LogP contribution in [0.25, 0.3) is 0 Å². The number of nitrogens with zero attached hydrogens (tertiary/aromatic N) is 1. The Kier molecular flexibility index (Phi) is 15.0. The van der Waals surface area contributed by atoms with Crippen molar-refractivity contribution in [3.05, 3.63) is 35.4 Å². The summed E-state index contributed by atoms with van der Waals surface area (Å²) in [7, 11) is 3.66. The van der Waals surface area contributed by atoms with Crippen LogP contribution in [0.1, 0.15) is 80.2 Å². The molecule has 1 unspecified atom stereocenters. The predicted molar refractivity (Wildman–Crippen MR) is 187 cm³/mol. The maximum absolute atomic E-state index is 14.6. The van der Waals surface area contributed by atoms with Gasteiger partial charge in [0.25, 0.3) is 0 Å². The van der Waals surface area contributed by atoms with Gasteiger partial charge >= 0.3 is 5.97 Å². The predicted octanol–water partition coefficient (Wildman–Crippen LogP) is 2.07. The van der Waals surface area contributed by atoms with Gasteiger partial charge in [-0.1, -0.05) is 26.8 Å². The van der Waals surface area contributed by atoms with Crippen molar-refractivity contribution in [2.24, 2.45) is 17.8 Å². The zero-order chi connectivity index (χ0) is 38.6. The summed E-state index contributed by atoms with van der Waals surface area (Å²) in [6, 6.07) is 2.47. The molecule has 14 atom stereocenters. The van der Waals surface area contributed by atoms with Gasteiger partial charge in [0.05, 0.1) is 29.3 Å². The second-order valence-electron chi connectivity index (χ2n) is 15.8. The summed E-state index contributed by atoms with van der Waals surface area (Å²) in [4.78, 5) is 15.9. The smallest absolute Gasteiger partial charge is 0.312 e. The second-order valence-corrected chi connectivity index (χ2v) is 15.8. The van der Waals surface area contributed by atoms with Crippen molar-refractivity contribution in [2.75, 3.05) is 27.2 Å². The molecule has 294 valence electrons. The molecule has 51 heavy (non-hydrogen) atoms. The fourth-order valence-electron chi connectivity index (χ4n) is 7.81. The number of esters is 1. The van der Waals surface area contributed by atoms with Crippen LogP contribution in [-0.4, -0.2) is 129 Å². The molecule has 1 aromatic carbocycles. The van der Waals surface area contributed by atoms with Crippen molar-refractivity contribution in [2.45, 2.75) is 147 Å². The molecule has 0 amide bonds. The summed E-state index contributed by atoms with van der Waals surface area (Å²) in [5, 5.41) is 65.3. The van der Waals surface area contributed by atoms with Gasteiger partial charge in [0.2, 0.25) is 0 Å². The molecule has 0 aliphatic carbocycles. The van der Waals surface area contributed by atoms with Gasteiger partial charge in [0, 0.05) is 36.7 Å². The molecule has 2 fully saturated rings. The highest BCUT2D eigenvalue weighted by molar-refractivity contribution is 5.74. The molecule has 3 rings (SSSR count). The number of aliphatic hydroxyl groups is 5. The Morgan fingerprint density at radius 2 is 1.67 bits per heavy atom. The minimum atomic E-state index is -2.13. The van der Waals surface area contributed by atoms with Crippen LogP contribution in [0.2, 0.25) is 0 Å². The van der Waals surface area contributed by atoms with Crippen LogP contribution in [0, 0.1) is 29.4 Å². The van der Waals surface area contributed by atoms with Gasteiger partial charge in [-0.2, -0.15) is 0 Å². The first-order valence-corrected chi connectivity index (χ1v) is 18.2. The van der Waals surface area contributed by atoms with E-state index in [2.05, 4.69) is 10.6 Å². The van der Waals surface area contributed by atoms with E-state index in [1.807, 2.05) is 32.8 Å². The van der Waals surface area contributed by atoms with Gasteiger partial charge in [-0.3, -0.25) is 4.79 Å². The molecule has 2 saturated heterocycles. The number of rotatable bonds is 8. The van der Waals surface area contributed by atoms with E-state index in [0.29, 0.717) is 13.0 Å². The summed E-state index contributed by atoms with van der Waals surface area (Å²) in [5.74, 6) is -5.25. The van der Waals surface area contributed by atoms with Crippen LogP contribution in [0.15, 0.2) is 18.2 Å². The number of hydrogen-bond acceptors (Lipinski definition) is 12. The average molecular weight is 732 g/mol. The summed E-state index contributed by atoms with van der Waals surface area (Å²) < 4.78 is 47.7. The topological polar surface area (TPSA) is 173 Å². The third-order valence-electron chi connectivity index (χ3n) is 11.2. The first-order chi connectivity index (χ1) is 23.6. The maximum Gasteiger partial charge on any atom is 0.312 e. The number of aliphatic hydroxyl groups excluding tert-OH is 2. The molecule has 2 heterocycles. The zero-order valence-corrected chi connectivity index (χ0v) is 31.9. The highest BCUT2D eigenvalue weighted by Gasteiger charge is 2.54. The van der Waals surface area contributed by atoms with Gasteiger partial charge in [-0.05, 0) is 92.6 Å². The molecular formula is C37H63F2N3O9. The van der Waals surface area contributed by atoms with E-state index >= 15 is 0 Å².